The predicted octanol–water partition coefficient (Wildman–Crippen LogP) is 1.64. The molecule has 0 aliphatic carbocycles. The summed E-state index contributed by atoms with van der Waals surface area (Å²) in [5, 5.41) is 8.49. The largest absolute Gasteiger partial charge is 0.416 e. The van der Waals surface area contributed by atoms with Gasteiger partial charge in [0.15, 0.2) is 0 Å². The highest BCUT2D eigenvalue weighted by atomic mass is 19.4. The van der Waals surface area contributed by atoms with Crippen molar-refractivity contribution in [3.63, 3.8) is 0 Å². The van der Waals surface area contributed by atoms with Crippen molar-refractivity contribution in [3.05, 3.63) is 29.6 Å². The van der Waals surface area contributed by atoms with Gasteiger partial charge >= 0.3 is 6.18 Å². The van der Waals surface area contributed by atoms with Crippen LogP contribution in [0.1, 0.15) is 11.3 Å². The van der Waals surface area contributed by atoms with E-state index in [2.05, 4.69) is 4.98 Å². The van der Waals surface area contributed by atoms with E-state index < -0.39 is 11.7 Å². The summed E-state index contributed by atoms with van der Waals surface area (Å²) < 4.78 is 36.4. The fourth-order valence-corrected chi connectivity index (χ4v) is 0.906. The SMILES string of the molecule is OCCc1cc(C(F)(F)F)ccn1. The molecule has 1 rings (SSSR count). The van der Waals surface area contributed by atoms with E-state index in [4.69, 9.17) is 5.11 Å². The van der Waals surface area contributed by atoms with Crippen molar-refractivity contribution in [2.75, 3.05) is 6.61 Å². The second kappa shape index (κ2) is 3.74. The minimum absolute atomic E-state index is 0.143. The fraction of sp³-hybridized carbons (Fsp3) is 0.375. The number of nitrogens with zero attached hydrogens (tertiary/aromatic N) is 1. The average molecular weight is 191 g/mol. The maximum Gasteiger partial charge on any atom is 0.416 e. The Hall–Kier alpha value is -1.10. The normalized spacial score (nSPS) is 11.7. The van der Waals surface area contributed by atoms with E-state index in [1.165, 1.54) is 0 Å². The van der Waals surface area contributed by atoms with E-state index in [1.807, 2.05) is 0 Å². The Morgan fingerprint density at radius 1 is 1.38 bits per heavy atom. The van der Waals surface area contributed by atoms with Gasteiger partial charge in [0.05, 0.1) is 5.56 Å². The second-order valence-electron chi connectivity index (χ2n) is 2.51. The first-order valence-electron chi connectivity index (χ1n) is 3.67. The molecule has 1 aromatic rings. The molecule has 0 aromatic carbocycles. The first-order valence-corrected chi connectivity index (χ1v) is 3.67. The molecule has 0 aliphatic rings. The van der Waals surface area contributed by atoms with Crippen LogP contribution in [0.3, 0.4) is 0 Å². The topological polar surface area (TPSA) is 33.1 Å². The summed E-state index contributed by atoms with van der Waals surface area (Å²) in [5.41, 5.74) is -0.483. The van der Waals surface area contributed by atoms with Gasteiger partial charge in [-0.25, -0.2) is 0 Å². The van der Waals surface area contributed by atoms with Crippen LogP contribution >= 0.6 is 0 Å². The summed E-state index contributed by atoms with van der Waals surface area (Å²) in [6.45, 7) is -0.200. The van der Waals surface area contributed by atoms with Crippen LogP contribution in [-0.4, -0.2) is 16.7 Å². The maximum absolute atomic E-state index is 12.1. The van der Waals surface area contributed by atoms with Gasteiger partial charge in [0.1, 0.15) is 0 Å². The molecule has 1 aromatic heterocycles. The minimum atomic E-state index is -4.34. The van der Waals surface area contributed by atoms with Crippen molar-refractivity contribution in [2.24, 2.45) is 0 Å². The molecule has 0 saturated heterocycles. The summed E-state index contributed by atoms with van der Waals surface area (Å²) in [5.74, 6) is 0. The van der Waals surface area contributed by atoms with Crippen molar-refractivity contribution >= 4 is 0 Å². The van der Waals surface area contributed by atoms with E-state index in [-0.39, 0.29) is 18.7 Å². The van der Waals surface area contributed by atoms with Crippen molar-refractivity contribution < 1.29 is 18.3 Å². The number of rotatable bonds is 2. The third kappa shape index (κ3) is 2.69. The molecule has 0 radical (unpaired) electrons. The monoisotopic (exact) mass is 191 g/mol. The molecule has 0 aliphatic heterocycles. The van der Waals surface area contributed by atoms with Crippen molar-refractivity contribution in [1.29, 1.82) is 0 Å². The minimum Gasteiger partial charge on any atom is -0.396 e. The molecular weight excluding hydrogens is 183 g/mol. The van der Waals surface area contributed by atoms with E-state index in [9.17, 15) is 13.2 Å². The number of aliphatic hydroxyl groups is 1. The van der Waals surface area contributed by atoms with Gasteiger partial charge in [-0.05, 0) is 12.1 Å². The van der Waals surface area contributed by atoms with Gasteiger partial charge in [-0.3, -0.25) is 4.98 Å². The lowest BCUT2D eigenvalue weighted by atomic mass is 10.2. The standard InChI is InChI=1S/C8H8F3NO/c9-8(10,11)6-1-3-12-7(5-6)2-4-13/h1,3,5,13H,2,4H2. The van der Waals surface area contributed by atoms with Gasteiger partial charge in [0.2, 0.25) is 0 Å². The van der Waals surface area contributed by atoms with Gasteiger partial charge in [-0.2, -0.15) is 13.2 Å². The Balaban J connectivity index is 2.92. The summed E-state index contributed by atoms with van der Waals surface area (Å²) in [6, 6.07) is 1.84. The summed E-state index contributed by atoms with van der Waals surface area (Å²) in [6.07, 6.45) is -3.11. The van der Waals surface area contributed by atoms with E-state index in [0.29, 0.717) is 0 Å². The van der Waals surface area contributed by atoms with Crippen molar-refractivity contribution in [3.8, 4) is 0 Å². The van der Waals surface area contributed by atoms with Crippen LogP contribution in [0.15, 0.2) is 18.3 Å². The lowest BCUT2D eigenvalue weighted by Gasteiger charge is -2.06. The quantitative estimate of drug-likeness (QED) is 0.770. The lowest BCUT2D eigenvalue weighted by molar-refractivity contribution is -0.137. The smallest absolute Gasteiger partial charge is 0.396 e. The number of halogens is 3. The van der Waals surface area contributed by atoms with Crippen LogP contribution in [0.5, 0.6) is 0 Å². The highest BCUT2D eigenvalue weighted by Gasteiger charge is 2.30. The van der Waals surface area contributed by atoms with Gasteiger partial charge in [-0.15, -0.1) is 0 Å². The zero-order valence-corrected chi connectivity index (χ0v) is 6.67. The number of alkyl halides is 3. The summed E-state index contributed by atoms with van der Waals surface area (Å²) >= 11 is 0. The summed E-state index contributed by atoms with van der Waals surface area (Å²) in [4.78, 5) is 3.68. The molecule has 1 N–H and O–H groups in total. The summed E-state index contributed by atoms with van der Waals surface area (Å²) in [7, 11) is 0. The Labute approximate surface area is 73.0 Å². The van der Waals surface area contributed by atoms with Gasteiger partial charge in [0, 0.05) is 24.9 Å². The van der Waals surface area contributed by atoms with Crippen LogP contribution < -0.4 is 0 Å². The maximum atomic E-state index is 12.1. The van der Waals surface area contributed by atoms with E-state index in [1.54, 1.807) is 0 Å². The molecule has 13 heavy (non-hydrogen) atoms. The second-order valence-corrected chi connectivity index (χ2v) is 2.51. The third-order valence-corrected chi connectivity index (χ3v) is 1.51. The third-order valence-electron chi connectivity index (χ3n) is 1.51. The molecule has 0 bridgehead atoms. The molecule has 0 fully saturated rings. The Kier molecular flexibility index (Phi) is 2.87. The van der Waals surface area contributed by atoms with Crippen LogP contribution in [0.2, 0.25) is 0 Å². The Bertz CT molecular complexity index is 285. The van der Waals surface area contributed by atoms with Crippen LogP contribution in [0.4, 0.5) is 13.2 Å². The molecule has 0 spiro atoms. The first-order chi connectivity index (χ1) is 6.04. The lowest BCUT2D eigenvalue weighted by Crippen LogP contribution is -2.06. The molecule has 1 heterocycles. The molecule has 0 unspecified atom stereocenters. The molecule has 5 heteroatoms. The first kappa shape index (κ1) is 9.98. The zero-order chi connectivity index (χ0) is 9.90. The van der Waals surface area contributed by atoms with Gasteiger partial charge in [0.25, 0.3) is 0 Å². The van der Waals surface area contributed by atoms with E-state index >= 15 is 0 Å². The number of aliphatic hydroxyl groups excluding tert-OH is 1. The molecule has 2 nitrogen and oxygen atoms in total. The molecule has 72 valence electrons. The molecule has 0 saturated carbocycles. The molecular formula is C8H8F3NO. The predicted molar refractivity (Wildman–Crippen MR) is 40.0 cm³/mol. The Morgan fingerprint density at radius 3 is 2.62 bits per heavy atom. The molecule has 0 amide bonds. The number of aromatic nitrogens is 1. The van der Waals surface area contributed by atoms with Gasteiger partial charge in [-0.1, -0.05) is 0 Å². The van der Waals surface area contributed by atoms with Gasteiger partial charge < -0.3 is 5.11 Å². The zero-order valence-electron chi connectivity index (χ0n) is 6.67. The highest BCUT2D eigenvalue weighted by molar-refractivity contribution is 5.19. The van der Waals surface area contributed by atoms with Crippen molar-refractivity contribution in [1.82, 2.24) is 4.98 Å². The Morgan fingerprint density at radius 2 is 2.08 bits per heavy atom. The van der Waals surface area contributed by atoms with Crippen LogP contribution in [0.25, 0.3) is 0 Å². The van der Waals surface area contributed by atoms with Crippen molar-refractivity contribution in [2.45, 2.75) is 12.6 Å². The highest BCUT2D eigenvalue weighted by Crippen LogP contribution is 2.28. The number of hydrogen-bond acceptors (Lipinski definition) is 2. The number of pyridine rings is 1. The van der Waals surface area contributed by atoms with Crippen LogP contribution in [-0.2, 0) is 12.6 Å². The average Bonchev–Trinajstić information content (AvgIpc) is 2.04. The van der Waals surface area contributed by atoms with E-state index in [0.717, 1.165) is 18.3 Å². The van der Waals surface area contributed by atoms with Crippen LogP contribution in [0, 0.1) is 0 Å². The number of hydrogen-bond donors (Lipinski definition) is 1. The molecule has 0 atom stereocenters. The fourth-order valence-electron chi connectivity index (χ4n) is 0.906.